The van der Waals surface area contributed by atoms with Gasteiger partial charge >= 0.3 is 0 Å². The van der Waals surface area contributed by atoms with Gasteiger partial charge in [0.05, 0.1) is 5.25 Å². The second kappa shape index (κ2) is 6.37. The summed E-state index contributed by atoms with van der Waals surface area (Å²) in [6, 6.07) is 11.3. The minimum atomic E-state index is -0.302. The summed E-state index contributed by atoms with van der Waals surface area (Å²) in [6.45, 7) is 5.67. The van der Waals surface area contributed by atoms with Crippen LogP contribution in [0.15, 0.2) is 41.6 Å². The van der Waals surface area contributed by atoms with Crippen molar-refractivity contribution in [2.45, 2.75) is 31.2 Å². The number of benzene rings is 1. The molecule has 0 saturated carbocycles. The van der Waals surface area contributed by atoms with Crippen LogP contribution in [0.4, 0.5) is 5.69 Å². The minimum Gasteiger partial charge on any atom is -0.325 e. The van der Waals surface area contributed by atoms with Gasteiger partial charge in [0.2, 0.25) is 5.91 Å². The fraction of sp³-hybridized carbons (Fsp3) is 0.250. The van der Waals surface area contributed by atoms with Crippen molar-refractivity contribution in [1.82, 2.24) is 19.6 Å². The molecule has 1 N–H and O–H groups in total. The number of aromatic nitrogens is 4. The molecule has 0 bridgehead atoms. The first-order valence-electron chi connectivity index (χ1n) is 7.26. The summed E-state index contributed by atoms with van der Waals surface area (Å²) in [5, 5.41) is 11.6. The first-order valence-corrected chi connectivity index (χ1v) is 8.14. The summed E-state index contributed by atoms with van der Waals surface area (Å²) in [5.74, 6) is 0.735. The van der Waals surface area contributed by atoms with E-state index in [2.05, 4.69) is 20.5 Å². The molecule has 1 atom stereocenters. The molecule has 1 amide bonds. The van der Waals surface area contributed by atoms with E-state index in [9.17, 15) is 4.79 Å². The number of anilines is 1. The van der Waals surface area contributed by atoms with Crippen molar-refractivity contribution in [1.29, 1.82) is 0 Å². The third kappa shape index (κ3) is 3.34. The molecule has 3 aromatic rings. The number of hydrogen-bond donors (Lipinski definition) is 1. The number of amides is 1. The first-order chi connectivity index (χ1) is 11.0. The van der Waals surface area contributed by atoms with Crippen LogP contribution >= 0.6 is 11.8 Å². The molecule has 0 aliphatic carbocycles. The highest BCUT2D eigenvalue weighted by molar-refractivity contribution is 8.00. The number of nitrogens with zero attached hydrogens (tertiary/aromatic N) is 4. The van der Waals surface area contributed by atoms with Crippen molar-refractivity contribution in [2.75, 3.05) is 5.32 Å². The Bertz CT molecular complexity index is 846. The Hall–Kier alpha value is -2.41. The summed E-state index contributed by atoms with van der Waals surface area (Å²) >= 11 is 1.36. The van der Waals surface area contributed by atoms with Crippen LogP contribution in [-0.2, 0) is 4.79 Å². The van der Waals surface area contributed by atoms with Crippen LogP contribution in [0.25, 0.3) is 5.65 Å². The van der Waals surface area contributed by atoms with Crippen molar-refractivity contribution in [3.8, 4) is 0 Å². The highest BCUT2D eigenvalue weighted by Gasteiger charge is 2.19. The molecule has 0 aliphatic rings. The summed E-state index contributed by atoms with van der Waals surface area (Å²) in [5.41, 5.74) is 2.42. The Labute approximate surface area is 138 Å². The summed E-state index contributed by atoms with van der Waals surface area (Å²) in [4.78, 5) is 16.7. The molecule has 0 aliphatic heterocycles. The number of hydrogen-bond acceptors (Lipinski definition) is 5. The van der Waals surface area contributed by atoms with Crippen molar-refractivity contribution >= 4 is 29.0 Å². The average molecular weight is 327 g/mol. The van der Waals surface area contributed by atoms with Gasteiger partial charge in [-0.1, -0.05) is 30.0 Å². The van der Waals surface area contributed by atoms with Crippen molar-refractivity contribution in [3.05, 3.63) is 47.9 Å². The summed E-state index contributed by atoms with van der Waals surface area (Å²) in [7, 11) is 0. The predicted molar refractivity (Wildman–Crippen MR) is 90.6 cm³/mol. The predicted octanol–water partition coefficient (Wildman–Crippen LogP) is 2.86. The zero-order chi connectivity index (χ0) is 16.4. The largest absolute Gasteiger partial charge is 0.325 e. The second-order valence-electron chi connectivity index (χ2n) is 5.24. The Morgan fingerprint density at radius 2 is 1.96 bits per heavy atom. The van der Waals surface area contributed by atoms with Crippen molar-refractivity contribution in [3.63, 3.8) is 0 Å². The number of carbonyl (C=O) groups is 1. The van der Waals surface area contributed by atoms with E-state index in [1.807, 2.05) is 61.6 Å². The van der Waals surface area contributed by atoms with Gasteiger partial charge in [0, 0.05) is 17.4 Å². The molecule has 7 heteroatoms. The van der Waals surface area contributed by atoms with E-state index in [4.69, 9.17) is 0 Å². The number of carbonyl (C=O) groups excluding carboxylic acids is 1. The Balaban J connectivity index is 1.78. The fourth-order valence-electron chi connectivity index (χ4n) is 2.26. The molecule has 118 valence electrons. The molecular formula is C16H17N5OS. The zero-order valence-corrected chi connectivity index (χ0v) is 14.0. The van der Waals surface area contributed by atoms with Crippen molar-refractivity contribution in [2.24, 2.45) is 0 Å². The maximum atomic E-state index is 12.3. The number of aryl methyl sites for hydroxylation is 2. The van der Waals surface area contributed by atoms with Gasteiger partial charge in [-0.3, -0.25) is 9.20 Å². The van der Waals surface area contributed by atoms with Gasteiger partial charge in [-0.15, -0.1) is 10.2 Å². The summed E-state index contributed by atoms with van der Waals surface area (Å²) < 4.78 is 1.87. The van der Waals surface area contributed by atoms with Gasteiger partial charge in [0.25, 0.3) is 0 Å². The van der Waals surface area contributed by atoms with Crippen LogP contribution in [0.3, 0.4) is 0 Å². The highest BCUT2D eigenvalue weighted by Crippen LogP contribution is 2.24. The van der Waals surface area contributed by atoms with Crippen LogP contribution in [0.2, 0.25) is 0 Å². The lowest BCUT2D eigenvalue weighted by atomic mass is 10.3. The van der Waals surface area contributed by atoms with Gasteiger partial charge in [0.15, 0.2) is 10.8 Å². The molecule has 2 heterocycles. The Morgan fingerprint density at radius 1 is 1.22 bits per heavy atom. The number of rotatable bonds is 4. The number of nitrogens with one attached hydrogen (secondary N) is 1. The van der Waals surface area contributed by atoms with Gasteiger partial charge < -0.3 is 5.32 Å². The molecular weight excluding hydrogens is 310 g/mol. The first kappa shape index (κ1) is 15.5. The fourth-order valence-corrected chi connectivity index (χ4v) is 3.16. The quantitative estimate of drug-likeness (QED) is 0.746. The third-order valence-electron chi connectivity index (χ3n) is 3.35. The molecule has 6 nitrogen and oxygen atoms in total. The molecule has 1 aromatic carbocycles. The van der Waals surface area contributed by atoms with E-state index in [0.29, 0.717) is 5.16 Å². The van der Waals surface area contributed by atoms with E-state index in [0.717, 1.165) is 22.9 Å². The Morgan fingerprint density at radius 3 is 2.70 bits per heavy atom. The van der Waals surface area contributed by atoms with E-state index >= 15 is 0 Å². The maximum absolute atomic E-state index is 12.3. The number of para-hydroxylation sites is 1. The number of fused-ring (bicyclic) bond motifs is 1. The normalized spacial score (nSPS) is 12.3. The van der Waals surface area contributed by atoms with Crippen LogP contribution < -0.4 is 5.32 Å². The lowest BCUT2D eigenvalue weighted by Crippen LogP contribution is -2.22. The molecule has 23 heavy (non-hydrogen) atoms. The van der Waals surface area contributed by atoms with Gasteiger partial charge in [0.1, 0.15) is 5.82 Å². The third-order valence-corrected chi connectivity index (χ3v) is 4.39. The molecule has 0 radical (unpaired) electrons. The van der Waals surface area contributed by atoms with E-state index in [1.165, 1.54) is 11.8 Å². The molecule has 0 unspecified atom stereocenters. The minimum absolute atomic E-state index is 0.0735. The van der Waals surface area contributed by atoms with E-state index in [-0.39, 0.29) is 11.2 Å². The van der Waals surface area contributed by atoms with Crippen LogP contribution in [-0.4, -0.2) is 30.7 Å². The Kier molecular flexibility index (Phi) is 4.29. The monoisotopic (exact) mass is 327 g/mol. The van der Waals surface area contributed by atoms with Gasteiger partial charge in [-0.25, -0.2) is 4.98 Å². The standard InChI is InChI=1S/C16H17N5OS/c1-10-9-14-19-20-16(21(14)12(3)17-10)23-11(2)15(22)18-13-7-5-4-6-8-13/h4-9,11H,1-3H3,(H,18,22)/t11-/m1/s1. The molecule has 0 fully saturated rings. The maximum Gasteiger partial charge on any atom is 0.237 e. The van der Waals surface area contributed by atoms with Crippen molar-refractivity contribution < 1.29 is 4.79 Å². The molecule has 2 aromatic heterocycles. The van der Waals surface area contributed by atoms with E-state index in [1.54, 1.807) is 0 Å². The second-order valence-corrected chi connectivity index (χ2v) is 6.54. The topological polar surface area (TPSA) is 72.2 Å². The lowest BCUT2D eigenvalue weighted by molar-refractivity contribution is -0.115. The average Bonchev–Trinajstić information content (AvgIpc) is 2.91. The lowest BCUT2D eigenvalue weighted by Gasteiger charge is -2.11. The van der Waals surface area contributed by atoms with Crippen LogP contribution in [0, 0.1) is 13.8 Å². The zero-order valence-electron chi connectivity index (χ0n) is 13.1. The highest BCUT2D eigenvalue weighted by atomic mass is 32.2. The molecule has 0 saturated heterocycles. The van der Waals surface area contributed by atoms with Crippen LogP contribution in [0.5, 0.6) is 0 Å². The van der Waals surface area contributed by atoms with Gasteiger partial charge in [-0.05, 0) is 32.9 Å². The van der Waals surface area contributed by atoms with E-state index < -0.39 is 0 Å². The summed E-state index contributed by atoms with van der Waals surface area (Å²) in [6.07, 6.45) is 0. The molecule has 3 rings (SSSR count). The smallest absolute Gasteiger partial charge is 0.237 e. The number of thioether (sulfide) groups is 1. The molecule has 0 spiro atoms. The van der Waals surface area contributed by atoms with Gasteiger partial charge in [-0.2, -0.15) is 0 Å². The van der Waals surface area contributed by atoms with Crippen LogP contribution in [0.1, 0.15) is 18.4 Å². The SMILES string of the molecule is Cc1cc2nnc(S[C@H](C)C(=O)Nc3ccccc3)n2c(C)n1.